The van der Waals surface area contributed by atoms with E-state index in [1.807, 2.05) is 0 Å². The van der Waals surface area contributed by atoms with Crippen molar-refractivity contribution in [2.75, 3.05) is 5.32 Å². The molecule has 2 N–H and O–H groups in total. The Balaban J connectivity index is 2.10. The van der Waals surface area contributed by atoms with E-state index < -0.39 is 30.5 Å². The van der Waals surface area contributed by atoms with Gasteiger partial charge < -0.3 is 20.1 Å². The highest BCUT2D eigenvalue weighted by Gasteiger charge is 2.22. The summed E-state index contributed by atoms with van der Waals surface area (Å²) in [6, 6.07) is 14.3. The zero-order chi connectivity index (χ0) is 22.1. The molecule has 2 rings (SSSR count). The Bertz CT molecular complexity index is 932. The molecule has 1 atom stereocenters. The van der Waals surface area contributed by atoms with Gasteiger partial charge in [-0.15, -0.1) is 0 Å². The van der Waals surface area contributed by atoms with Crippen LogP contribution in [0, 0.1) is 0 Å². The minimum absolute atomic E-state index is 0.00684. The van der Waals surface area contributed by atoms with Gasteiger partial charge in [0.1, 0.15) is 11.4 Å². The van der Waals surface area contributed by atoms with E-state index in [-0.39, 0.29) is 17.1 Å². The van der Waals surface area contributed by atoms with E-state index in [0.29, 0.717) is 5.56 Å². The molecule has 0 radical (unpaired) electrons. The topological polar surface area (TPSA) is 93.7 Å². The molecule has 0 unspecified atom stereocenters. The molecule has 0 aliphatic rings. The summed E-state index contributed by atoms with van der Waals surface area (Å²) in [6.07, 6.45) is 0.116. The fraction of sp³-hybridized carbons (Fsp3) is 0.190. The molecule has 7 nitrogen and oxygen atoms in total. The molecule has 0 fully saturated rings. The summed E-state index contributed by atoms with van der Waals surface area (Å²) < 4.78 is 34.5. The van der Waals surface area contributed by atoms with Crippen LogP contribution >= 0.6 is 0 Å². The van der Waals surface area contributed by atoms with Crippen LogP contribution in [0.2, 0.25) is 0 Å². The van der Waals surface area contributed by atoms with Crippen LogP contribution in [0.1, 0.15) is 19.4 Å². The Morgan fingerprint density at radius 2 is 1.63 bits per heavy atom. The van der Waals surface area contributed by atoms with E-state index in [0.717, 1.165) is 0 Å². The molecule has 30 heavy (non-hydrogen) atoms. The first kappa shape index (κ1) is 22.5. The first-order chi connectivity index (χ1) is 14.3. The van der Waals surface area contributed by atoms with E-state index >= 15 is 0 Å². The van der Waals surface area contributed by atoms with Gasteiger partial charge in [0.15, 0.2) is 6.10 Å². The van der Waals surface area contributed by atoms with Crippen molar-refractivity contribution < 1.29 is 32.6 Å². The standard InChI is InChI=1S/C21H20F2N2O5/c1-13(19(27)25-16-10-6-7-11-18(16)30-21(22)23)29-20(28)17(24-14(2)26)12-15-8-4-3-5-9-15/h3-13,21H,1-2H3,(H,24,26)(H,25,27)/b17-12-/t13-/m1/s1. The molecule has 9 heteroatoms. The quantitative estimate of drug-likeness (QED) is 0.507. The monoisotopic (exact) mass is 418 g/mol. The summed E-state index contributed by atoms with van der Waals surface area (Å²) in [5.41, 5.74) is 0.468. The Morgan fingerprint density at radius 3 is 2.27 bits per heavy atom. The lowest BCUT2D eigenvalue weighted by Gasteiger charge is -2.16. The highest BCUT2D eigenvalue weighted by atomic mass is 19.3. The number of carbonyl (C=O) groups is 3. The molecule has 0 saturated carbocycles. The van der Waals surface area contributed by atoms with Crippen molar-refractivity contribution in [3.8, 4) is 5.75 Å². The molecule has 158 valence electrons. The lowest BCUT2D eigenvalue weighted by Crippen LogP contribution is -2.34. The minimum Gasteiger partial charge on any atom is -0.448 e. The number of alkyl halides is 2. The van der Waals surface area contributed by atoms with Gasteiger partial charge in [-0.25, -0.2) is 4.79 Å². The van der Waals surface area contributed by atoms with Crippen LogP contribution in [0.4, 0.5) is 14.5 Å². The van der Waals surface area contributed by atoms with Gasteiger partial charge in [-0.3, -0.25) is 9.59 Å². The molecule has 0 bridgehead atoms. The van der Waals surface area contributed by atoms with E-state index in [1.54, 1.807) is 30.3 Å². The van der Waals surface area contributed by atoms with Crippen molar-refractivity contribution in [1.29, 1.82) is 0 Å². The van der Waals surface area contributed by atoms with Crippen LogP contribution in [0.3, 0.4) is 0 Å². The Morgan fingerprint density at radius 1 is 1.00 bits per heavy atom. The summed E-state index contributed by atoms with van der Waals surface area (Å²) in [5.74, 6) is -2.43. The van der Waals surface area contributed by atoms with Gasteiger partial charge in [0.05, 0.1) is 5.69 Å². The predicted octanol–water partition coefficient (Wildman–Crippen LogP) is 3.34. The molecular weight excluding hydrogens is 398 g/mol. The zero-order valence-electron chi connectivity index (χ0n) is 16.2. The molecule has 0 aliphatic heterocycles. The van der Waals surface area contributed by atoms with Gasteiger partial charge in [0, 0.05) is 6.92 Å². The number of para-hydroxylation sites is 2. The largest absolute Gasteiger partial charge is 0.448 e. The van der Waals surface area contributed by atoms with E-state index in [9.17, 15) is 23.2 Å². The summed E-state index contributed by atoms with van der Waals surface area (Å²) in [4.78, 5) is 36.2. The second kappa shape index (κ2) is 10.7. The number of hydrogen-bond donors (Lipinski definition) is 2. The number of carbonyl (C=O) groups excluding carboxylic acids is 3. The summed E-state index contributed by atoms with van der Waals surface area (Å²) >= 11 is 0. The van der Waals surface area contributed by atoms with Crippen molar-refractivity contribution in [3.63, 3.8) is 0 Å². The van der Waals surface area contributed by atoms with Crippen molar-refractivity contribution in [3.05, 3.63) is 65.9 Å². The number of anilines is 1. The highest BCUT2D eigenvalue weighted by Crippen LogP contribution is 2.25. The van der Waals surface area contributed by atoms with Crippen molar-refractivity contribution >= 4 is 29.5 Å². The second-order valence-electron chi connectivity index (χ2n) is 6.06. The molecule has 2 amide bonds. The second-order valence-corrected chi connectivity index (χ2v) is 6.06. The van der Waals surface area contributed by atoms with Gasteiger partial charge in [-0.1, -0.05) is 42.5 Å². The van der Waals surface area contributed by atoms with Crippen LogP contribution in [0.5, 0.6) is 5.75 Å². The molecule has 0 aliphatic carbocycles. The van der Waals surface area contributed by atoms with Gasteiger partial charge in [-0.2, -0.15) is 8.78 Å². The maximum absolute atomic E-state index is 12.5. The lowest BCUT2D eigenvalue weighted by molar-refractivity contribution is -0.149. The smallest absolute Gasteiger partial charge is 0.387 e. The summed E-state index contributed by atoms with van der Waals surface area (Å²) in [5, 5.41) is 4.73. The normalized spacial score (nSPS) is 12.1. The lowest BCUT2D eigenvalue weighted by atomic mass is 10.2. The Hall–Kier alpha value is -3.75. The third-order valence-electron chi connectivity index (χ3n) is 3.66. The van der Waals surface area contributed by atoms with E-state index in [1.165, 1.54) is 44.2 Å². The van der Waals surface area contributed by atoms with Crippen LogP contribution in [0.15, 0.2) is 60.3 Å². The van der Waals surface area contributed by atoms with Gasteiger partial charge in [-0.05, 0) is 30.7 Å². The SMILES string of the molecule is CC(=O)N/C(=C\c1ccccc1)C(=O)O[C@H](C)C(=O)Nc1ccccc1OC(F)F. The molecule has 0 heterocycles. The minimum atomic E-state index is -3.07. The number of esters is 1. The number of ether oxygens (including phenoxy) is 2. The Labute approximate surface area is 171 Å². The number of nitrogens with one attached hydrogen (secondary N) is 2. The number of halogens is 2. The van der Waals surface area contributed by atoms with Crippen molar-refractivity contribution in [2.24, 2.45) is 0 Å². The van der Waals surface area contributed by atoms with E-state index in [2.05, 4.69) is 15.4 Å². The summed E-state index contributed by atoms with van der Waals surface area (Å²) in [6.45, 7) is -0.540. The third-order valence-corrected chi connectivity index (χ3v) is 3.66. The van der Waals surface area contributed by atoms with Crippen LogP contribution < -0.4 is 15.4 Å². The van der Waals surface area contributed by atoms with Gasteiger partial charge in [0.25, 0.3) is 5.91 Å². The number of benzene rings is 2. The van der Waals surface area contributed by atoms with E-state index in [4.69, 9.17) is 4.74 Å². The van der Waals surface area contributed by atoms with Gasteiger partial charge in [0.2, 0.25) is 5.91 Å². The summed E-state index contributed by atoms with van der Waals surface area (Å²) in [7, 11) is 0. The number of hydrogen-bond acceptors (Lipinski definition) is 5. The molecule has 0 spiro atoms. The van der Waals surface area contributed by atoms with Crippen molar-refractivity contribution in [1.82, 2.24) is 5.32 Å². The first-order valence-corrected chi connectivity index (χ1v) is 8.86. The molecule has 0 saturated heterocycles. The fourth-order valence-electron chi connectivity index (χ4n) is 2.33. The van der Waals surface area contributed by atoms with Gasteiger partial charge >= 0.3 is 12.6 Å². The van der Waals surface area contributed by atoms with Crippen molar-refractivity contribution in [2.45, 2.75) is 26.6 Å². The van der Waals surface area contributed by atoms with Crippen LogP contribution in [-0.2, 0) is 19.1 Å². The molecular formula is C21H20F2N2O5. The van der Waals surface area contributed by atoms with Crippen LogP contribution in [0.25, 0.3) is 6.08 Å². The molecule has 2 aromatic carbocycles. The molecule has 2 aromatic rings. The highest BCUT2D eigenvalue weighted by molar-refractivity contribution is 6.01. The molecule has 0 aromatic heterocycles. The average Bonchev–Trinajstić information content (AvgIpc) is 2.69. The number of rotatable bonds is 8. The predicted molar refractivity (Wildman–Crippen MR) is 105 cm³/mol. The maximum atomic E-state index is 12.5. The third kappa shape index (κ3) is 7.01. The number of amides is 2. The maximum Gasteiger partial charge on any atom is 0.387 e. The van der Waals surface area contributed by atoms with Crippen LogP contribution in [-0.4, -0.2) is 30.5 Å². The Kier molecular flexibility index (Phi) is 8.04. The fourth-order valence-corrected chi connectivity index (χ4v) is 2.33. The average molecular weight is 418 g/mol. The zero-order valence-corrected chi connectivity index (χ0v) is 16.2. The first-order valence-electron chi connectivity index (χ1n) is 8.86.